The molecule has 5 heteroatoms. The summed E-state index contributed by atoms with van der Waals surface area (Å²) in [6.45, 7) is 2.27. The van der Waals surface area contributed by atoms with Crippen LogP contribution in [0, 0.1) is 12.3 Å². The second kappa shape index (κ2) is 3.90. The molecule has 0 saturated heterocycles. The van der Waals surface area contributed by atoms with Crippen LogP contribution < -0.4 is 5.73 Å². The van der Waals surface area contributed by atoms with E-state index in [1.165, 1.54) is 0 Å². The van der Waals surface area contributed by atoms with Gasteiger partial charge in [0.25, 0.3) is 0 Å². The monoisotopic (exact) mass is 223 g/mol. The van der Waals surface area contributed by atoms with Gasteiger partial charge >= 0.3 is 5.97 Å². The highest BCUT2D eigenvalue weighted by atomic mass is 16.4. The van der Waals surface area contributed by atoms with E-state index in [4.69, 9.17) is 5.73 Å². The molecule has 1 atom stereocenters. The summed E-state index contributed by atoms with van der Waals surface area (Å²) in [5.74, 6) is -0.885. The number of rotatable bonds is 4. The average molecular weight is 223 g/mol. The molecule has 0 aliphatic heterocycles. The molecule has 88 valence electrons. The average Bonchev–Trinajstić information content (AvgIpc) is 2.57. The Morgan fingerprint density at radius 2 is 2.44 bits per heavy atom. The van der Waals surface area contributed by atoms with E-state index in [2.05, 4.69) is 10.2 Å². The Kier molecular flexibility index (Phi) is 2.71. The summed E-state index contributed by atoms with van der Waals surface area (Å²) in [5.41, 5.74) is 6.95. The van der Waals surface area contributed by atoms with Crippen molar-refractivity contribution in [1.29, 1.82) is 0 Å². The van der Waals surface area contributed by atoms with E-state index in [9.17, 15) is 9.90 Å². The largest absolute Gasteiger partial charge is 0.481 e. The van der Waals surface area contributed by atoms with Crippen molar-refractivity contribution in [2.75, 3.05) is 6.54 Å². The lowest BCUT2D eigenvalue weighted by Gasteiger charge is -2.43. The summed E-state index contributed by atoms with van der Waals surface area (Å²) in [6, 6.07) is 0. The van der Waals surface area contributed by atoms with Gasteiger partial charge in [-0.3, -0.25) is 9.89 Å². The first-order valence-electron chi connectivity index (χ1n) is 5.55. The zero-order valence-corrected chi connectivity index (χ0v) is 9.36. The Bertz CT molecular complexity index is 396. The van der Waals surface area contributed by atoms with Crippen LogP contribution in [0.15, 0.2) is 6.20 Å². The summed E-state index contributed by atoms with van der Waals surface area (Å²) in [5, 5.41) is 16.2. The molecule has 0 unspecified atom stereocenters. The zero-order chi connectivity index (χ0) is 11.8. The van der Waals surface area contributed by atoms with Crippen molar-refractivity contribution >= 4 is 5.97 Å². The van der Waals surface area contributed by atoms with Crippen LogP contribution in [0.4, 0.5) is 0 Å². The summed E-state index contributed by atoms with van der Waals surface area (Å²) >= 11 is 0. The van der Waals surface area contributed by atoms with Crippen LogP contribution in [-0.2, 0) is 4.79 Å². The Balaban J connectivity index is 2.36. The first-order valence-corrected chi connectivity index (χ1v) is 5.55. The molecular formula is C11H17N3O2. The third-order valence-corrected chi connectivity index (χ3v) is 3.79. The molecule has 1 fully saturated rings. The highest BCUT2D eigenvalue weighted by Crippen LogP contribution is 2.51. The Hall–Kier alpha value is -1.36. The van der Waals surface area contributed by atoms with E-state index >= 15 is 0 Å². The molecule has 0 spiro atoms. The number of hydrogen-bond acceptors (Lipinski definition) is 3. The zero-order valence-electron chi connectivity index (χ0n) is 9.36. The van der Waals surface area contributed by atoms with Crippen molar-refractivity contribution in [3.63, 3.8) is 0 Å². The lowest BCUT2D eigenvalue weighted by atomic mass is 9.60. The van der Waals surface area contributed by atoms with Crippen molar-refractivity contribution in [3.8, 4) is 0 Å². The number of carboxylic acid groups (broad SMARTS) is 1. The molecule has 0 amide bonds. The molecule has 0 radical (unpaired) electrons. The molecule has 16 heavy (non-hydrogen) atoms. The minimum atomic E-state index is -0.733. The van der Waals surface area contributed by atoms with Crippen molar-refractivity contribution in [2.45, 2.75) is 32.1 Å². The van der Waals surface area contributed by atoms with Crippen LogP contribution in [0.3, 0.4) is 0 Å². The first-order chi connectivity index (χ1) is 7.62. The maximum absolute atomic E-state index is 11.4. The summed E-state index contributed by atoms with van der Waals surface area (Å²) < 4.78 is 0. The van der Waals surface area contributed by atoms with Crippen LogP contribution >= 0.6 is 0 Å². The van der Waals surface area contributed by atoms with Gasteiger partial charge < -0.3 is 10.8 Å². The summed E-state index contributed by atoms with van der Waals surface area (Å²) in [6.07, 6.45) is 4.10. The molecule has 2 rings (SSSR count). The minimum Gasteiger partial charge on any atom is -0.481 e. The fourth-order valence-corrected chi connectivity index (χ4v) is 2.60. The van der Waals surface area contributed by atoms with Crippen LogP contribution in [0.1, 0.15) is 36.4 Å². The van der Waals surface area contributed by atoms with Crippen LogP contribution in [0.5, 0.6) is 0 Å². The molecule has 1 aliphatic carbocycles. The van der Waals surface area contributed by atoms with E-state index in [0.717, 1.165) is 17.7 Å². The maximum Gasteiger partial charge on any atom is 0.310 e. The summed E-state index contributed by atoms with van der Waals surface area (Å²) in [4.78, 5) is 11.4. The number of hydrogen-bond donors (Lipinski definition) is 3. The number of aromatic nitrogens is 2. The number of aliphatic carboxylic acids is 1. The van der Waals surface area contributed by atoms with Gasteiger partial charge in [0.15, 0.2) is 0 Å². The Morgan fingerprint density at radius 3 is 2.75 bits per heavy atom. The van der Waals surface area contributed by atoms with Crippen LogP contribution in [0.2, 0.25) is 0 Å². The normalized spacial score (nSPS) is 20.1. The SMILES string of the molecule is Cc1cn[nH]c1[C@H](CN)C1(C(=O)O)CCC1. The van der Waals surface area contributed by atoms with Crippen molar-refractivity contribution in [2.24, 2.45) is 11.1 Å². The predicted molar refractivity (Wildman–Crippen MR) is 59.0 cm³/mol. The Morgan fingerprint density at radius 1 is 1.75 bits per heavy atom. The van der Waals surface area contributed by atoms with Gasteiger partial charge in [0.2, 0.25) is 0 Å². The highest BCUT2D eigenvalue weighted by molar-refractivity contribution is 5.77. The molecular weight excluding hydrogens is 206 g/mol. The number of carbonyl (C=O) groups is 1. The fourth-order valence-electron chi connectivity index (χ4n) is 2.60. The van der Waals surface area contributed by atoms with Crippen molar-refractivity contribution in [3.05, 3.63) is 17.5 Å². The smallest absolute Gasteiger partial charge is 0.310 e. The van der Waals surface area contributed by atoms with Crippen molar-refractivity contribution in [1.82, 2.24) is 10.2 Å². The number of carboxylic acids is 1. The molecule has 1 aromatic rings. The van der Waals surface area contributed by atoms with E-state index in [1.54, 1.807) is 6.20 Å². The van der Waals surface area contributed by atoms with Crippen molar-refractivity contribution < 1.29 is 9.90 Å². The van der Waals surface area contributed by atoms with E-state index in [1.807, 2.05) is 6.92 Å². The maximum atomic E-state index is 11.4. The lowest BCUT2D eigenvalue weighted by molar-refractivity contribution is -0.156. The Labute approximate surface area is 94.0 Å². The van der Waals surface area contributed by atoms with E-state index < -0.39 is 11.4 Å². The quantitative estimate of drug-likeness (QED) is 0.710. The third-order valence-electron chi connectivity index (χ3n) is 3.79. The summed E-state index contributed by atoms with van der Waals surface area (Å²) in [7, 11) is 0. The molecule has 1 aromatic heterocycles. The topological polar surface area (TPSA) is 92.0 Å². The first kappa shape index (κ1) is 11.1. The van der Waals surface area contributed by atoms with E-state index in [-0.39, 0.29) is 5.92 Å². The molecule has 4 N–H and O–H groups in total. The number of nitrogens with one attached hydrogen (secondary N) is 1. The lowest BCUT2D eigenvalue weighted by Crippen LogP contribution is -2.46. The molecule has 5 nitrogen and oxygen atoms in total. The minimum absolute atomic E-state index is 0.152. The van der Waals surface area contributed by atoms with Crippen LogP contribution in [-0.4, -0.2) is 27.8 Å². The van der Waals surface area contributed by atoms with Gasteiger partial charge in [-0.05, 0) is 25.3 Å². The van der Waals surface area contributed by atoms with Gasteiger partial charge in [0.05, 0.1) is 11.6 Å². The van der Waals surface area contributed by atoms with Gasteiger partial charge in [0.1, 0.15) is 0 Å². The molecule has 1 heterocycles. The number of nitrogens with zero attached hydrogens (tertiary/aromatic N) is 1. The van der Waals surface area contributed by atoms with Gasteiger partial charge in [0, 0.05) is 18.2 Å². The third kappa shape index (κ3) is 1.43. The highest BCUT2D eigenvalue weighted by Gasteiger charge is 2.51. The van der Waals surface area contributed by atoms with Gasteiger partial charge in [-0.2, -0.15) is 5.10 Å². The number of aryl methyl sites for hydroxylation is 1. The van der Waals surface area contributed by atoms with Crippen LogP contribution in [0.25, 0.3) is 0 Å². The van der Waals surface area contributed by atoms with Gasteiger partial charge in [-0.15, -0.1) is 0 Å². The second-order valence-electron chi connectivity index (χ2n) is 4.57. The van der Waals surface area contributed by atoms with Gasteiger partial charge in [-0.1, -0.05) is 6.42 Å². The fraction of sp³-hybridized carbons (Fsp3) is 0.636. The predicted octanol–water partition coefficient (Wildman–Crippen LogP) is 1.02. The molecule has 0 bridgehead atoms. The molecule has 1 aliphatic rings. The molecule has 0 aromatic carbocycles. The second-order valence-corrected chi connectivity index (χ2v) is 4.57. The van der Waals surface area contributed by atoms with E-state index in [0.29, 0.717) is 19.4 Å². The van der Waals surface area contributed by atoms with Gasteiger partial charge in [-0.25, -0.2) is 0 Å². The molecule has 1 saturated carbocycles. The number of nitrogens with two attached hydrogens (primary N) is 1. The number of H-pyrrole nitrogens is 1. The number of aromatic amines is 1. The standard InChI is InChI=1S/C11H17N3O2/c1-7-6-13-14-9(7)8(5-12)11(10(15)16)3-2-4-11/h6,8H,2-5,12H2,1H3,(H,13,14)(H,15,16)/t8-/m0/s1.